The van der Waals surface area contributed by atoms with E-state index in [4.69, 9.17) is 11.6 Å². The standard InChI is InChI=1S/C23H31ClN4O2/c24-19-3-1-2-4-20(19)26-22(30)28-6-5-15(14-28)13-25-21(29)27-23-10-16-7-17(11-23)9-18(8-16)12-23/h1-4,15-18H,5-14H2,(H,26,30)(H2,25,27,29). The van der Waals surface area contributed by atoms with Crippen molar-refractivity contribution >= 4 is 29.4 Å². The molecule has 1 aromatic carbocycles. The van der Waals surface area contributed by atoms with Gasteiger partial charge in [-0.15, -0.1) is 0 Å². The van der Waals surface area contributed by atoms with Gasteiger partial charge >= 0.3 is 12.1 Å². The molecule has 1 heterocycles. The van der Waals surface area contributed by atoms with Gasteiger partial charge in [-0.1, -0.05) is 23.7 Å². The number of amides is 4. The summed E-state index contributed by atoms with van der Waals surface area (Å²) in [5.41, 5.74) is 0.663. The van der Waals surface area contributed by atoms with E-state index in [2.05, 4.69) is 16.0 Å². The number of hydrogen-bond donors (Lipinski definition) is 3. The molecule has 5 aliphatic rings. The van der Waals surface area contributed by atoms with Crippen molar-refractivity contribution in [3.05, 3.63) is 29.3 Å². The normalized spacial score (nSPS) is 34.1. The van der Waals surface area contributed by atoms with Crippen LogP contribution in [0.5, 0.6) is 0 Å². The Morgan fingerprint density at radius 3 is 2.40 bits per heavy atom. The van der Waals surface area contributed by atoms with Crippen LogP contribution in [0.3, 0.4) is 0 Å². The summed E-state index contributed by atoms with van der Waals surface area (Å²) in [5.74, 6) is 2.73. The fraction of sp³-hybridized carbons (Fsp3) is 0.652. The summed E-state index contributed by atoms with van der Waals surface area (Å²) in [7, 11) is 0. The molecular weight excluding hydrogens is 400 g/mol. The van der Waals surface area contributed by atoms with E-state index in [-0.39, 0.29) is 23.5 Å². The highest BCUT2D eigenvalue weighted by atomic mass is 35.5. The van der Waals surface area contributed by atoms with E-state index in [0.717, 1.165) is 43.4 Å². The molecule has 5 fully saturated rings. The first kappa shape index (κ1) is 20.0. The van der Waals surface area contributed by atoms with Crippen LogP contribution in [-0.4, -0.2) is 42.1 Å². The summed E-state index contributed by atoms with van der Waals surface area (Å²) in [6.45, 7) is 1.95. The number of nitrogens with zero attached hydrogens (tertiary/aromatic N) is 1. The molecule has 4 amide bonds. The van der Waals surface area contributed by atoms with Gasteiger partial charge in [0.05, 0.1) is 10.7 Å². The average molecular weight is 431 g/mol. The molecule has 1 unspecified atom stereocenters. The van der Waals surface area contributed by atoms with E-state index in [1.54, 1.807) is 17.0 Å². The van der Waals surface area contributed by atoms with Crippen molar-refractivity contribution in [1.82, 2.24) is 15.5 Å². The number of carbonyl (C=O) groups is 2. The highest BCUT2D eigenvalue weighted by Gasteiger charge is 2.51. The third-order valence-corrected chi connectivity index (χ3v) is 7.99. The van der Waals surface area contributed by atoms with Gasteiger partial charge in [-0.05, 0) is 80.8 Å². The molecule has 6 rings (SSSR count). The summed E-state index contributed by atoms with van der Waals surface area (Å²) in [5, 5.41) is 9.86. The van der Waals surface area contributed by atoms with Gasteiger partial charge in [0.25, 0.3) is 0 Å². The fourth-order valence-corrected chi connectivity index (χ4v) is 6.91. The second kappa shape index (κ2) is 7.95. The zero-order valence-corrected chi connectivity index (χ0v) is 18.1. The molecule has 0 radical (unpaired) electrons. The maximum atomic E-state index is 12.6. The van der Waals surface area contributed by atoms with Crippen LogP contribution in [0.15, 0.2) is 24.3 Å². The maximum Gasteiger partial charge on any atom is 0.321 e. The van der Waals surface area contributed by atoms with Crippen molar-refractivity contribution in [3.8, 4) is 0 Å². The van der Waals surface area contributed by atoms with Crippen molar-refractivity contribution in [2.75, 3.05) is 25.0 Å². The van der Waals surface area contributed by atoms with Gasteiger partial charge < -0.3 is 20.9 Å². The number of hydrogen-bond acceptors (Lipinski definition) is 2. The molecule has 7 heteroatoms. The highest BCUT2D eigenvalue weighted by molar-refractivity contribution is 6.33. The quantitative estimate of drug-likeness (QED) is 0.659. The molecule has 3 N–H and O–H groups in total. The molecule has 1 aliphatic heterocycles. The molecule has 6 nitrogen and oxygen atoms in total. The summed E-state index contributed by atoms with van der Waals surface area (Å²) >= 11 is 6.13. The van der Waals surface area contributed by atoms with Gasteiger partial charge in [0.1, 0.15) is 0 Å². The fourth-order valence-electron chi connectivity index (χ4n) is 6.73. The monoisotopic (exact) mass is 430 g/mol. The van der Waals surface area contributed by atoms with Crippen LogP contribution in [0.4, 0.5) is 15.3 Å². The van der Waals surface area contributed by atoms with Crippen LogP contribution in [0, 0.1) is 23.7 Å². The Morgan fingerprint density at radius 1 is 1.07 bits per heavy atom. The Labute approximate surface area is 183 Å². The second-order valence-electron chi connectivity index (χ2n) is 10.0. The minimum atomic E-state index is -0.136. The molecular formula is C23H31ClN4O2. The van der Waals surface area contributed by atoms with Gasteiger partial charge in [-0.3, -0.25) is 0 Å². The highest BCUT2D eigenvalue weighted by Crippen LogP contribution is 2.55. The number of urea groups is 2. The molecule has 1 aromatic rings. The van der Waals surface area contributed by atoms with E-state index in [0.29, 0.717) is 30.3 Å². The van der Waals surface area contributed by atoms with Crippen LogP contribution in [0.25, 0.3) is 0 Å². The lowest BCUT2D eigenvalue weighted by Gasteiger charge is -2.56. The average Bonchev–Trinajstić information content (AvgIpc) is 3.16. The van der Waals surface area contributed by atoms with Crippen molar-refractivity contribution in [1.29, 1.82) is 0 Å². The molecule has 1 saturated heterocycles. The largest absolute Gasteiger partial charge is 0.338 e. The van der Waals surface area contributed by atoms with E-state index >= 15 is 0 Å². The van der Waals surface area contributed by atoms with E-state index in [1.807, 2.05) is 12.1 Å². The molecule has 162 valence electrons. The lowest BCUT2D eigenvalue weighted by Crippen LogP contribution is -2.61. The van der Waals surface area contributed by atoms with Crippen LogP contribution in [0.2, 0.25) is 5.02 Å². The number of halogens is 1. The summed E-state index contributed by atoms with van der Waals surface area (Å²) in [4.78, 5) is 27.0. The third-order valence-electron chi connectivity index (χ3n) is 7.66. The third kappa shape index (κ3) is 4.11. The minimum absolute atomic E-state index is 0.0316. The Morgan fingerprint density at radius 2 is 1.73 bits per heavy atom. The molecule has 1 atom stereocenters. The van der Waals surface area contributed by atoms with Crippen molar-refractivity contribution in [2.45, 2.75) is 50.5 Å². The number of carbonyl (C=O) groups excluding carboxylic acids is 2. The zero-order chi connectivity index (χ0) is 20.7. The zero-order valence-electron chi connectivity index (χ0n) is 17.3. The first-order valence-corrected chi connectivity index (χ1v) is 11.7. The van der Waals surface area contributed by atoms with Crippen LogP contribution in [0.1, 0.15) is 44.9 Å². The summed E-state index contributed by atoms with van der Waals surface area (Å²) in [6, 6.07) is 7.07. The smallest absolute Gasteiger partial charge is 0.321 e. The predicted octanol–water partition coefficient (Wildman–Crippen LogP) is 4.46. The molecule has 0 aromatic heterocycles. The van der Waals surface area contributed by atoms with Crippen molar-refractivity contribution in [2.24, 2.45) is 23.7 Å². The van der Waals surface area contributed by atoms with Crippen LogP contribution < -0.4 is 16.0 Å². The molecule has 30 heavy (non-hydrogen) atoms. The number of para-hydroxylation sites is 1. The minimum Gasteiger partial charge on any atom is -0.338 e. The lowest BCUT2D eigenvalue weighted by molar-refractivity contribution is -0.0135. The van der Waals surface area contributed by atoms with Crippen LogP contribution >= 0.6 is 11.6 Å². The number of likely N-dealkylation sites (tertiary alicyclic amines) is 1. The summed E-state index contributed by atoms with van der Waals surface area (Å²) < 4.78 is 0. The number of anilines is 1. The van der Waals surface area contributed by atoms with Gasteiger partial charge in [0, 0.05) is 25.2 Å². The van der Waals surface area contributed by atoms with Crippen molar-refractivity contribution in [3.63, 3.8) is 0 Å². The first-order chi connectivity index (χ1) is 14.5. The Hall–Kier alpha value is -1.95. The maximum absolute atomic E-state index is 12.6. The van der Waals surface area contributed by atoms with E-state index < -0.39 is 0 Å². The number of benzene rings is 1. The van der Waals surface area contributed by atoms with Gasteiger partial charge in [-0.25, -0.2) is 9.59 Å². The number of nitrogens with one attached hydrogen (secondary N) is 3. The Balaban J connectivity index is 1.08. The molecule has 4 aliphatic carbocycles. The van der Waals surface area contributed by atoms with Crippen molar-refractivity contribution < 1.29 is 9.59 Å². The molecule has 4 bridgehead atoms. The predicted molar refractivity (Wildman–Crippen MR) is 118 cm³/mol. The Kier molecular flexibility index (Phi) is 5.30. The molecule has 4 saturated carbocycles. The van der Waals surface area contributed by atoms with E-state index in [9.17, 15) is 9.59 Å². The molecule has 0 spiro atoms. The SMILES string of the molecule is O=C(NCC1CCN(C(=O)Nc2ccccc2Cl)C1)NC12CC3CC(CC(C3)C1)C2. The first-order valence-electron chi connectivity index (χ1n) is 11.3. The number of rotatable bonds is 4. The second-order valence-corrected chi connectivity index (χ2v) is 10.5. The van der Waals surface area contributed by atoms with Gasteiger partial charge in [0.2, 0.25) is 0 Å². The topological polar surface area (TPSA) is 73.5 Å². The lowest BCUT2D eigenvalue weighted by atomic mass is 9.53. The van der Waals surface area contributed by atoms with Gasteiger partial charge in [0.15, 0.2) is 0 Å². The van der Waals surface area contributed by atoms with Crippen LogP contribution in [-0.2, 0) is 0 Å². The Bertz CT molecular complexity index is 794. The van der Waals surface area contributed by atoms with Gasteiger partial charge in [-0.2, -0.15) is 0 Å². The van der Waals surface area contributed by atoms with E-state index in [1.165, 1.54) is 19.3 Å². The summed E-state index contributed by atoms with van der Waals surface area (Å²) in [6.07, 6.45) is 8.49.